The molecule has 1 N–H and O–H groups in total. The molecular weight excluding hydrogens is 290 g/mol. The van der Waals surface area contributed by atoms with Crippen molar-refractivity contribution in [3.63, 3.8) is 0 Å². The van der Waals surface area contributed by atoms with Gasteiger partial charge in [0.15, 0.2) is 0 Å². The molecule has 0 spiro atoms. The lowest BCUT2D eigenvalue weighted by Gasteiger charge is -2.26. The Morgan fingerprint density at radius 1 is 1.35 bits per heavy atom. The molecule has 0 bridgehead atoms. The van der Waals surface area contributed by atoms with Gasteiger partial charge >= 0.3 is 0 Å². The maximum atomic E-state index is 10.2. The normalized spacial score (nSPS) is 20.4. The highest BCUT2D eigenvalue weighted by Gasteiger charge is 2.31. The average molecular weight is 317 g/mol. The maximum absolute atomic E-state index is 10.2. The quantitative estimate of drug-likeness (QED) is 0.853. The summed E-state index contributed by atoms with van der Waals surface area (Å²) in [6, 6.07) is 8.61. The van der Waals surface area contributed by atoms with Gasteiger partial charge in [0.1, 0.15) is 5.82 Å². The first-order valence-electron chi connectivity index (χ1n) is 8.69. The number of imidazole rings is 1. The SMILES string of the molecule is CCOC[C@H](O)CN1CCC[C@H]1c1nc2ccccc2n1CC. The molecule has 0 radical (unpaired) electrons. The van der Waals surface area contributed by atoms with Gasteiger partial charge < -0.3 is 14.4 Å². The van der Waals surface area contributed by atoms with Crippen LogP contribution in [0.15, 0.2) is 24.3 Å². The van der Waals surface area contributed by atoms with Gasteiger partial charge in [-0.25, -0.2) is 4.98 Å². The minimum absolute atomic E-state index is 0.290. The molecule has 0 saturated carbocycles. The smallest absolute Gasteiger partial charge is 0.127 e. The molecule has 5 nitrogen and oxygen atoms in total. The topological polar surface area (TPSA) is 50.5 Å². The van der Waals surface area contributed by atoms with Crippen molar-refractivity contribution in [1.82, 2.24) is 14.5 Å². The zero-order valence-corrected chi connectivity index (χ0v) is 14.1. The van der Waals surface area contributed by atoms with E-state index in [2.05, 4.69) is 34.6 Å². The van der Waals surface area contributed by atoms with E-state index in [9.17, 15) is 5.11 Å². The third kappa shape index (κ3) is 3.42. The number of aliphatic hydroxyl groups excluding tert-OH is 1. The van der Waals surface area contributed by atoms with Gasteiger partial charge in [-0.15, -0.1) is 0 Å². The Kier molecular flexibility index (Phi) is 5.30. The highest BCUT2D eigenvalue weighted by Crippen LogP contribution is 2.33. The summed E-state index contributed by atoms with van der Waals surface area (Å²) in [4.78, 5) is 7.25. The number of ether oxygens (including phenoxy) is 1. The fourth-order valence-corrected chi connectivity index (χ4v) is 3.60. The van der Waals surface area contributed by atoms with Crippen LogP contribution in [0.25, 0.3) is 11.0 Å². The molecule has 2 atom stereocenters. The first kappa shape index (κ1) is 16.4. The third-order valence-electron chi connectivity index (χ3n) is 4.62. The van der Waals surface area contributed by atoms with E-state index < -0.39 is 6.10 Å². The average Bonchev–Trinajstić information content (AvgIpc) is 3.16. The van der Waals surface area contributed by atoms with E-state index in [0.717, 1.165) is 37.3 Å². The van der Waals surface area contributed by atoms with Crippen molar-refractivity contribution in [3.8, 4) is 0 Å². The molecule has 0 aliphatic carbocycles. The maximum Gasteiger partial charge on any atom is 0.127 e. The van der Waals surface area contributed by atoms with E-state index in [1.807, 2.05) is 13.0 Å². The molecule has 23 heavy (non-hydrogen) atoms. The zero-order chi connectivity index (χ0) is 16.2. The van der Waals surface area contributed by atoms with Gasteiger partial charge in [-0.2, -0.15) is 0 Å². The van der Waals surface area contributed by atoms with Crippen molar-refractivity contribution in [2.45, 2.75) is 45.4 Å². The number of para-hydroxylation sites is 2. The first-order chi connectivity index (χ1) is 11.2. The van der Waals surface area contributed by atoms with Crippen LogP contribution in [0.2, 0.25) is 0 Å². The van der Waals surface area contributed by atoms with Gasteiger partial charge in [-0.3, -0.25) is 4.90 Å². The van der Waals surface area contributed by atoms with Gasteiger partial charge in [0.2, 0.25) is 0 Å². The number of hydrogen-bond acceptors (Lipinski definition) is 4. The zero-order valence-electron chi connectivity index (χ0n) is 14.1. The number of hydrogen-bond donors (Lipinski definition) is 1. The van der Waals surface area contributed by atoms with Crippen molar-refractivity contribution in [3.05, 3.63) is 30.1 Å². The largest absolute Gasteiger partial charge is 0.389 e. The Balaban J connectivity index is 1.82. The molecule has 1 fully saturated rings. The first-order valence-corrected chi connectivity index (χ1v) is 8.69. The predicted molar refractivity (Wildman–Crippen MR) is 91.5 cm³/mol. The van der Waals surface area contributed by atoms with Gasteiger partial charge in [0, 0.05) is 19.7 Å². The second-order valence-corrected chi connectivity index (χ2v) is 6.17. The summed E-state index contributed by atoms with van der Waals surface area (Å²) in [6.07, 6.45) is 1.82. The number of benzene rings is 1. The van der Waals surface area contributed by atoms with Gasteiger partial charge in [-0.1, -0.05) is 12.1 Å². The van der Waals surface area contributed by atoms with Crippen LogP contribution in [0.3, 0.4) is 0 Å². The molecule has 126 valence electrons. The fraction of sp³-hybridized carbons (Fsp3) is 0.611. The molecule has 1 aliphatic heterocycles. The summed E-state index contributed by atoms with van der Waals surface area (Å²) < 4.78 is 7.65. The summed E-state index contributed by atoms with van der Waals surface area (Å²) in [5.41, 5.74) is 2.26. The Labute approximate surface area is 137 Å². The van der Waals surface area contributed by atoms with Crippen LogP contribution < -0.4 is 0 Å². The summed E-state index contributed by atoms with van der Waals surface area (Å²) in [7, 11) is 0. The standard InChI is InChI=1S/C18H27N3O2/c1-3-21-16-9-6-5-8-15(16)19-18(21)17-10-7-11-20(17)12-14(22)13-23-4-2/h5-6,8-9,14,17,22H,3-4,7,10-13H2,1-2H3/t14-,17+/m1/s1. The lowest BCUT2D eigenvalue weighted by molar-refractivity contribution is 0.0178. The van der Waals surface area contributed by atoms with Crippen LogP contribution in [-0.4, -0.2) is 52.0 Å². The van der Waals surface area contributed by atoms with Crippen molar-refractivity contribution in [1.29, 1.82) is 0 Å². The van der Waals surface area contributed by atoms with Crippen molar-refractivity contribution < 1.29 is 9.84 Å². The fourth-order valence-electron chi connectivity index (χ4n) is 3.60. The number of aryl methyl sites for hydroxylation is 1. The molecular formula is C18H27N3O2. The summed E-state index contributed by atoms with van der Waals surface area (Å²) in [5, 5.41) is 10.2. The summed E-state index contributed by atoms with van der Waals surface area (Å²) in [5.74, 6) is 1.13. The lowest BCUT2D eigenvalue weighted by atomic mass is 10.2. The van der Waals surface area contributed by atoms with E-state index in [1.54, 1.807) is 0 Å². The van der Waals surface area contributed by atoms with Gasteiger partial charge in [0.25, 0.3) is 0 Å². The van der Waals surface area contributed by atoms with E-state index in [4.69, 9.17) is 9.72 Å². The molecule has 0 amide bonds. The number of β-amino-alcohol motifs (C(OH)–C–C–N with tert-alkyl or cyclic N) is 1. The Morgan fingerprint density at radius 3 is 2.96 bits per heavy atom. The Hall–Kier alpha value is -1.43. The van der Waals surface area contributed by atoms with E-state index in [-0.39, 0.29) is 0 Å². The minimum atomic E-state index is -0.435. The van der Waals surface area contributed by atoms with E-state index in [0.29, 0.717) is 25.8 Å². The molecule has 3 rings (SSSR count). The van der Waals surface area contributed by atoms with E-state index >= 15 is 0 Å². The van der Waals surface area contributed by atoms with Crippen LogP contribution in [0, 0.1) is 0 Å². The number of aliphatic hydroxyl groups is 1. The number of fused-ring (bicyclic) bond motifs is 1. The van der Waals surface area contributed by atoms with Crippen molar-refractivity contribution >= 4 is 11.0 Å². The molecule has 0 unspecified atom stereocenters. The van der Waals surface area contributed by atoms with Crippen LogP contribution in [0.1, 0.15) is 38.6 Å². The predicted octanol–water partition coefficient (Wildman–Crippen LogP) is 2.59. The van der Waals surface area contributed by atoms with Crippen molar-refractivity contribution in [2.75, 3.05) is 26.3 Å². The van der Waals surface area contributed by atoms with Crippen LogP contribution in [0.4, 0.5) is 0 Å². The number of nitrogens with zero attached hydrogens (tertiary/aromatic N) is 3. The highest BCUT2D eigenvalue weighted by molar-refractivity contribution is 5.76. The number of aromatic nitrogens is 2. The van der Waals surface area contributed by atoms with Gasteiger partial charge in [0.05, 0.1) is 29.8 Å². The second-order valence-electron chi connectivity index (χ2n) is 6.17. The minimum Gasteiger partial charge on any atom is -0.389 e. The molecule has 1 saturated heterocycles. The van der Waals surface area contributed by atoms with Crippen LogP contribution >= 0.6 is 0 Å². The van der Waals surface area contributed by atoms with E-state index in [1.165, 1.54) is 5.52 Å². The summed E-state index contributed by atoms with van der Waals surface area (Å²) >= 11 is 0. The monoisotopic (exact) mass is 317 g/mol. The lowest BCUT2D eigenvalue weighted by Crippen LogP contribution is -2.35. The highest BCUT2D eigenvalue weighted by atomic mass is 16.5. The Bertz CT molecular complexity index is 640. The molecule has 1 aliphatic rings. The summed E-state index contributed by atoms with van der Waals surface area (Å²) in [6.45, 7) is 7.76. The van der Waals surface area contributed by atoms with Crippen molar-refractivity contribution in [2.24, 2.45) is 0 Å². The molecule has 2 heterocycles. The van der Waals surface area contributed by atoms with Crippen LogP contribution in [0.5, 0.6) is 0 Å². The molecule has 5 heteroatoms. The molecule has 1 aromatic heterocycles. The van der Waals surface area contributed by atoms with Gasteiger partial charge in [-0.05, 0) is 45.4 Å². The number of rotatable bonds is 7. The molecule has 1 aromatic carbocycles. The Morgan fingerprint density at radius 2 is 2.17 bits per heavy atom. The van der Waals surface area contributed by atoms with Crippen LogP contribution in [-0.2, 0) is 11.3 Å². The molecule has 2 aromatic rings. The third-order valence-corrected chi connectivity index (χ3v) is 4.62. The second kappa shape index (κ2) is 7.43. The number of likely N-dealkylation sites (tertiary alicyclic amines) is 1.